The standard InChI is InChI=1S/C15H12ClNO6S2/c16-11-6-9(5-10(14(11)18)7-24(20)21)15(19)17-8-25(22,23)13-4-2-1-3-12(13)17/h1-6,18H,7-8H2,(H,20,21). The van der Waals surface area contributed by atoms with Crippen LogP contribution in [0.4, 0.5) is 5.69 Å². The minimum atomic E-state index is -3.62. The second kappa shape index (κ2) is 6.41. The fourth-order valence-electron chi connectivity index (χ4n) is 2.60. The fraction of sp³-hybridized carbons (Fsp3) is 0.133. The maximum Gasteiger partial charge on any atom is 0.259 e. The molecule has 10 heteroatoms. The predicted molar refractivity (Wildman–Crippen MR) is 92.9 cm³/mol. The Kier molecular flexibility index (Phi) is 4.58. The lowest BCUT2D eigenvalue weighted by Crippen LogP contribution is -2.30. The number of aromatic hydroxyl groups is 1. The predicted octanol–water partition coefficient (Wildman–Crippen LogP) is 2.16. The smallest absolute Gasteiger partial charge is 0.259 e. The van der Waals surface area contributed by atoms with Crippen LogP contribution in [0.15, 0.2) is 41.3 Å². The maximum absolute atomic E-state index is 12.8. The molecule has 0 aromatic heterocycles. The van der Waals surface area contributed by atoms with Gasteiger partial charge in [0.2, 0.25) is 0 Å². The normalized spacial score (nSPS) is 16.5. The van der Waals surface area contributed by atoms with Crippen LogP contribution in [0.3, 0.4) is 0 Å². The Morgan fingerprint density at radius 3 is 2.64 bits per heavy atom. The second-order valence-corrected chi connectivity index (χ2v) is 8.64. The number of sulfone groups is 1. The van der Waals surface area contributed by atoms with Crippen molar-refractivity contribution in [1.29, 1.82) is 0 Å². The first-order chi connectivity index (χ1) is 11.7. The van der Waals surface area contributed by atoms with E-state index in [0.717, 1.165) is 4.90 Å². The van der Waals surface area contributed by atoms with Gasteiger partial charge in [-0.3, -0.25) is 9.69 Å². The van der Waals surface area contributed by atoms with E-state index in [9.17, 15) is 22.5 Å². The number of hydrogen-bond donors (Lipinski definition) is 2. The summed E-state index contributed by atoms with van der Waals surface area (Å²) in [6.45, 7) is 0. The molecule has 132 valence electrons. The lowest BCUT2D eigenvalue weighted by molar-refractivity contribution is 0.0991. The molecule has 3 rings (SSSR count). The fourth-order valence-corrected chi connectivity index (χ4v) is 4.84. The van der Waals surface area contributed by atoms with Crippen LogP contribution in [0.2, 0.25) is 5.02 Å². The van der Waals surface area contributed by atoms with Gasteiger partial charge in [0, 0.05) is 11.1 Å². The van der Waals surface area contributed by atoms with Crippen LogP contribution in [0.1, 0.15) is 15.9 Å². The highest BCUT2D eigenvalue weighted by molar-refractivity contribution is 7.92. The lowest BCUT2D eigenvalue weighted by atomic mass is 10.1. The highest BCUT2D eigenvalue weighted by atomic mass is 35.5. The summed E-state index contributed by atoms with van der Waals surface area (Å²) in [7, 11) is -3.62. The first-order valence-corrected chi connectivity index (χ1v) is 10.2. The molecule has 7 nitrogen and oxygen atoms in total. The number of halogens is 1. The van der Waals surface area contributed by atoms with Gasteiger partial charge in [-0.05, 0) is 24.3 Å². The zero-order valence-corrected chi connectivity index (χ0v) is 14.9. The third kappa shape index (κ3) is 3.28. The SMILES string of the molecule is O=C(c1cc(Cl)c(O)c(CS(=O)O)c1)N1CS(=O)(=O)c2ccccc21. The molecule has 0 saturated heterocycles. The first-order valence-electron chi connectivity index (χ1n) is 6.93. The van der Waals surface area contributed by atoms with Crippen LogP contribution in [0.25, 0.3) is 0 Å². The van der Waals surface area contributed by atoms with Gasteiger partial charge in [-0.15, -0.1) is 0 Å². The van der Waals surface area contributed by atoms with Crippen molar-refractivity contribution in [2.45, 2.75) is 10.6 Å². The number of phenols is 1. The Bertz CT molecular complexity index is 1010. The Morgan fingerprint density at radius 2 is 1.96 bits per heavy atom. The largest absolute Gasteiger partial charge is 0.506 e. The van der Waals surface area contributed by atoms with Gasteiger partial charge in [0.25, 0.3) is 5.91 Å². The molecule has 1 aliphatic rings. The van der Waals surface area contributed by atoms with E-state index in [2.05, 4.69) is 0 Å². The Balaban J connectivity index is 2.06. The third-order valence-electron chi connectivity index (χ3n) is 3.70. The Labute approximate surface area is 151 Å². The summed E-state index contributed by atoms with van der Waals surface area (Å²) in [4.78, 5) is 13.9. The molecular weight excluding hydrogens is 390 g/mol. The van der Waals surface area contributed by atoms with E-state index in [-0.39, 0.29) is 26.7 Å². The average Bonchev–Trinajstić information content (AvgIpc) is 2.82. The highest BCUT2D eigenvalue weighted by Crippen LogP contribution is 2.36. The molecule has 0 spiro atoms. The first kappa shape index (κ1) is 17.9. The molecule has 2 aromatic carbocycles. The van der Waals surface area contributed by atoms with Crippen molar-refractivity contribution >= 4 is 44.1 Å². The Hall–Kier alpha value is -1.94. The van der Waals surface area contributed by atoms with E-state index in [1.165, 1.54) is 24.3 Å². The van der Waals surface area contributed by atoms with Crippen LogP contribution in [0, 0.1) is 0 Å². The number of carbonyl (C=O) groups excluding carboxylic acids is 1. The number of anilines is 1. The van der Waals surface area contributed by atoms with Crippen molar-refractivity contribution in [2.24, 2.45) is 0 Å². The Morgan fingerprint density at radius 1 is 1.28 bits per heavy atom. The van der Waals surface area contributed by atoms with Gasteiger partial charge in [-0.1, -0.05) is 23.7 Å². The van der Waals surface area contributed by atoms with Gasteiger partial charge >= 0.3 is 0 Å². The van der Waals surface area contributed by atoms with E-state index < -0.39 is 44.2 Å². The number of para-hydroxylation sites is 1. The number of fused-ring (bicyclic) bond motifs is 1. The molecule has 0 bridgehead atoms. The maximum atomic E-state index is 12.8. The van der Waals surface area contributed by atoms with E-state index in [0.29, 0.717) is 0 Å². The molecule has 1 amide bonds. The van der Waals surface area contributed by atoms with Crippen LogP contribution < -0.4 is 4.90 Å². The monoisotopic (exact) mass is 401 g/mol. The number of hydrogen-bond acceptors (Lipinski definition) is 5. The minimum absolute atomic E-state index is 0.00940. The molecule has 2 N–H and O–H groups in total. The van der Waals surface area contributed by atoms with E-state index in [1.807, 2.05) is 0 Å². The highest BCUT2D eigenvalue weighted by Gasteiger charge is 2.36. The van der Waals surface area contributed by atoms with Gasteiger partial charge in [-0.25, -0.2) is 12.6 Å². The molecule has 2 aromatic rings. The van der Waals surface area contributed by atoms with Gasteiger partial charge in [0.05, 0.1) is 21.4 Å². The zero-order valence-electron chi connectivity index (χ0n) is 12.5. The molecule has 0 fully saturated rings. The number of amides is 1. The molecule has 0 saturated carbocycles. The molecule has 0 aliphatic carbocycles. The van der Waals surface area contributed by atoms with Crippen LogP contribution in [0.5, 0.6) is 5.75 Å². The summed E-state index contributed by atoms with van der Waals surface area (Å²) in [5.41, 5.74) is 0.283. The summed E-state index contributed by atoms with van der Waals surface area (Å²) in [6, 6.07) is 8.54. The van der Waals surface area contributed by atoms with Crippen molar-refractivity contribution in [2.75, 3.05) is 10.8 Å². The van der Waals surface area contributed by atoms with Crippen molar-refractivity contribution in [3.8, 4) is 5.75 Å². The average molecular weight is 402 g/mol. The molecule has 1 heterocycles. The van der Waals surface area contributed by atoms with Crippen LogP contribution in [-0.4, -0.2) is 34.1 Å². The molecule has 1 aliphatic heterocycles. The summed E-state index contributed by atoms with van der Waals surface area (Å²) in [6.07, 6.45) is 0. The van der Waals surface area contributed by atoms with E-state index in [4.69, 9.17) is 16.2 Å². The lowest BCUT2D eigenvalue weighted by Gasteiger charge is -2.17. The summed E-state index contributed by atoms with van der Waals surface area (Å²) < 4.78 is 44.4. The third-order valence-corrected chi connectivity index (χ3v) is 6.16. The summed E-state index contributed by atoms with van der Waals surface area (Å²) in [5, 5.41) is 9.70. The van der Waals surface area contributed by atoms with Crippen LogP contribution >= 0.6 is 11.6 Å². The van der Waals surface area contributed by atoms with E-state index >= 15 is 0 Å². The number of phenolic OH excluding ortho intramolecular Hbond substituents is 1. The molecule has 25 heavy (non-hydrogen) atoms. The van der Waals surface area contributed by atoms with Gasteiger partial charge in [0.1, 0.15) is 11.6 Å². The summed E-state index contributed by atoms with van der Waals surface area (Å²) >= 11 is 3.64. The van der Waals surface area contributed by atoms with E-state index in [1.54, 1.807) is 12.1 Å². The summed E-state index contributed by atoms with van der Waals surface area (Å²) in [5.74, 6) is -1.96. The quantitative estimate of drug-likeness (QED) is 0.762. The minimum Gasteiger partial charge on any atom is -0.506 e. The topological polar surface area (TPSA) is 112 Å². The number of nitrogens with zero attached hydrogens (tertiary/aromatic N) is 1. The van der Waals surface area contributed by atoms with Gasteiger partial charge in [0.15, 0.2) is 20.9 Å². The molecule has 1 unspecified atom stereocenters. The molecular formula is C15H12ClNO6S2. The molecule has 1 atom stereocenters. The second-order valence-electron chi connectivity index (χ2n) is 5.38. The molecule has 0 radical (unpaired) electrons. The van der Waals surface area contributed by atoms with Crippen molar-refractivity contribution < 1.29 is 27.1 Å². The van der Waals surface area contributed by atoms with Gasteiger partial charge in [-0.2, -0.15) is 0 Å². The number of benzene rings is 2. The zero-order chi connectivity index (χ0) is 18.4. The van der Waals surface area contributed by atoms with Crippen molar-refractivity contribution in [3.63, 3.8) is 0 Å². The number of rotatable bonds is 3. The van der Waals surface area contributed by atoms with Crippen molar-refractivity contribution in [3.05, 3.63) is 52.5 Å². The number of carbonyl (C=O) groups is 1. The van der Waals surface area contributed by atoms with Gasteiger partial charge < -0.3 is 9.66 Å². The van der Waals surface area contributed by atoms with Crippen molar-refractivity contribution in [1.82, 2.24) is 0 Å². The van der Waals surface area contributed by atoms with Crippen LogP contribution in [-0.2, 0) is 26.7 Å².